The molecule has 2 unspecified atom stereocenters. The molecule has 2 atom stereocenters. The van der Waals surface area contributed by atoms with Gasteiger partial charge in [-0.25, -0.2) is 0 Å². The van der Waals surface area contributed by atoms with E-state index in [0.717, 1.165) is 13.0 Å². The van der Waals surface area contributed by atoms with Crippen molar-refractivity contribution >= 4 is 11.6 Å². The minimum absolute atomic E-state index is 0.00213. The van der Waals surface area contributed by atoms with E-state index >= 15 is 0 Å². The quantitative estimate of drug-likeness (QED) is 0.842. The highest BCUT2D eigenvalue weighted by Crippen LogP contribution is 2.25. The van der Waals surface area contributed by atoms with E-state index in [4.69, 9.17) is 5.73 Å². The smallest absolute Gasteiger partial charge is 0.268 e. The molecule has 94 valence electrons. The van der Waals surface area contributed by atoms with E-state index in [1.807, 2.05) is 17.7 Å². The lowest BCUT2D eigenvalue weighted by Gasteiger charge is -2.17. The van der Waals surface area contributed by atoms with Crippen LogP contribution in [0.2, 0.25) is 0 Å². The summed E-state index contributed by atoms with van der Waals surface area (Å²) in [6, 6.07) is 2.07. The minimum atomic E-state index is 0.00213. The van der Waals surface area contributed by atoms with E-state index in [1.165, 1.54) is 12.8 Å². The number of aromatic nitrogens is 1. The molecule has 0 aromatic carbocycles. The van der Waals surface area contributed by atoms with E-state index in [-0.39, 0.29) is 5.91 Å². The molecule has 1 saturated carbocycles. The topological polar surface area (TPSA) is 60.0 Å². The van der Waals surface area contributed by atoms with Crippen molar-refractivity contribution in [3.05, 3.63) is 18.0 Å². The average Bonchev–Trinajstić information content (AvgIpc) is 2.85. The van der Waals surface area contributed by atoms with Crippen LogP contribution in [-0.4, -0.2) is 16.5 Å². The molecule has 3 N–H and O–H groups in total. The molecule has 0 aliphatic heterocycles. The van der Waals surface area contributed by atoms with Crippen molar-refractivity contribution in [1.82, 2.24) is 9.88 Å². The van der Waals surface area contributed by atoms with Crippen molar-refractivity contribution in [2.24, 2.45) is 5.92 Å². The first kappa shape index (κ1) is 12.0. The molecule has 1 amide bonds. The zero-order valence-corrected chi connectivity index (χ0v) is 10.6. The average molecular weight is 235 g/mol. The van der Waals surface area contributed by atoms with Crippen LogP contribution in [0.25, 0.3) is 0 Å². The zero-order valence-electron chi connectivity index (χ0n) is 10.6. The predicted molar refractivity (Wildman–Crippen MR) is 68.8 cm³/mol. The van der Waals surface area contributed by atoms with E-state index < -0.39 is 0 Å². The maximum Gasteiger partial charge on any atom is 0.268 e. The maximum atomic E-state index is 12.2. The Kier molecular flexibility index (Phi) is 3.41. The van der Waals surface area contributed by atoms with Gasteiger partial charge in [0.05, 0.1) is 5.69 Å². The number of hydrogen-bond acceptors (Lipinski definition) is 2. The second-order valence-corrected chi connectivity index (χ2v) is 4.93. The van der Waals surface area contributed by atoms with Gasteiger partial charge in [0.2, 0.25) is 0 Å². The van der Waals surface area contributed by atoms with Crippen LogP contribution in [0.3, 0.4) is 0 Å². The molecule has 1 aliphatic carbocycles. The number of rotatable bonds is 3. The fraction of sp³-hybridized carbons (Fsp3) is 0.615. The second-order valence-electron chi connectivity index (χ2n) is 4.93. The van der Waals surface area contributed by atoms with Gasteiger partial charge in [-0.05, 0) is 31.7 Å². The molecule has 0 radical (unpaired) electrons. The molecule has 17 heavy (non-hydrogen) atoms. The van der Waals surface area contributed by atoms with Crippen LogP contribution < -0.4 is 11.1 Å². The fourth-order valence-corrected chi connectivity index (χ4v) is 2.59. The molecule has 0 saturated heterocycles. The number of nitrogens with zero attached hydrogens (tertiary/aromatic N) is 1. The van der Waals surface area contributed by atoms with Crippen LogP contribution in [0.1, 0.15) is 43.6 Å². The normalized spacial score (nSPS) is 23.9. The van der Waals surface area contributed by atoms with Crippen LogP contribution in [0.5, 0.6) is 0 Å². The number of nitrogen functional groups attached to an aromatic ring is 1. The van der Waals surface area contributed by atoms with Gasteiger partial charge in [0.1, 0.15) is 5.69 Å². The number of anilines is 1. The summed E-state index contributed by atoms with van der Waals surface area (Å²) in [5.41, 5.74) is 7.05. The molecule has 1 heterocycles. The Morgan fingerprint density at radius 2 is 2.35 bits per heavy atom. The Labute approximate surface area is 102 Å². The third-order valence-electron chi connectivity index (χ3n) is 3.67. The minimum Gasteiger partial charge on any atom is -0.397 e. The summed E-state index contributed by atoms with van der Waals surface area (Å²) in [5, 5.41) is 3.12. The largest absolute Gasteiger partial charge is 0.397 e. The van der Waals surface area contributed by atoms with Gasteiger partial charge in [0.25, 0.3) is 5.91 Å². The molecule has 0 bridgehead atoms. The second kappa shape index (κ2) is 4.82. The standard InChI is InChI=1S/C13H21N3O/c1-3-16-8-10(14)7-12(16)13(17)15-11-6-4-5-9(11)2/h7-9,11H,3-6,14H2,1-2H3,(H,15,17). The SMILES string of the molecule is CCn1cc(N)cc1C(=O)NC1CCCC1C. The van der Waals surface area contributed by atoms with E-state index in [1.54, 1.807) is 6.07 Å². The number of aryl methyl sites for hydroxylation is 1. The van der Waals surface area contributed by atoms with Crippen molar-refractivity contribution in [3.63, 3.8) is 0 Å². The molecule has 1 aromatic heterocycles. The van der Waals surface area contributed by atoms with Crippen LogP contribution in [0.15, 0.2) is 12.3 Å². The predicted octanol–water partition coefficient (Wildman–Crippen LogP) is 2.01. The lowest BCUT2D eigenvalue weighted by Crippen LogP contribution is -2.37. The molecule has 4 heteroatoms. The van der Waals surface area contributed by atoms with Gasteiger partial charge < -0.3 is 15.6 Å². The lowest BCUT2D eigenvalue weighted by atomic mass is 10.1. The number of carbonyl (C=O) groups is 1. The Hall–Kier alpha value is -1.45. The fourth-order valence-electron chi connectivity index (χ4n) is 2.59. The van der Waals surface area contributed by atoms with Gasteiger partial charge in [0.15, 0.2) is 0 Å². The summed E-state index contributed by atoms with van der Waals surface area (Å²) in [5.74, 6) is 0.587. The maximum absolute atomic E-state index is 12.2. The monoisotopic (exact) mass is 235 g/mol. The summed E-state index contributed by atoms with van der Waals surface area (Å²) in [6.07, 6.45) is 5.33. The summed E-state index contributed by atoms with van der Waals surface area (Å²) in [6.45, 7) is 4.97. The first-order valence-corrected chi connectivity index (χ1v) is 6.38. The van der Waals surface area contributed by atoms with Gasteiger partial charge in [-0.15, -0.1) is 0 Å². The van der Waals surface area contributed by atoms with Crippen molar-refractivity contribution < 1.29 is 4.79 Å². The summed E-state index contributed by atoms with van der Waals surface area (Å²) in [7, 11) is 0. The third-order valence-corrected chi connectivity index (χ3v) is 3.67. The van der Waals surface area contributed by atoms with Crippen molar-refractivity contribution in [2.45, 2.75) is 45.7 Å². The highest BCUT2D eigenvalue weighted by molar-refractivity contribution is 5.94. The Morgan fingerprint density at radius 1 is 1.59 bits per heavy atom. The van der Waals surface area contributed by atoms with E-state index in [9.17, 15) is 4.79 Å². The molecule has 1 aliphatic rings. The van der Waals surface area contributed by atoms with Crippen LogP contribution >= 0.6 is 0 Å². The van der Waals surface area contributed by atoms with Gasteiger partial charge in [0, 0.05) is 18.8 Å². The van der Waals surface area contributed by atoms with Crippen LogP contribution in [0.4, 0.5) is 5.69 Å². The highest BCUT2D eigenvalue weighted by atomic mass is 16.2. The number of carbonyl (C=O) groups excluding carboxylic acids is 1. The van der Waals surface area contributed by atoms with E-state index in [2.05, 4.69) is 12.2 Å². The number of amides is 1. The van der Waals surface area contributed by atoms with E-state index in [0.29, 0.717) is 23.3 Å². The van der Waals surface area contributed by atoms with Gasteiger partial charge >= 0.3 is 0 Å². The Bertz CT molecular complexity index is 411. The summed E-state index contributed by atoms with van der Waals surface area (Å²) < 4.78 is 1.89. The molecule has 1 aromatic rings. The summed E-state index contributed by atoms with van der Waals surface area (Å²) in [4.78, 5) is 12.2. The molecule has 2 rings (SSSR count). The van der Waals surface area contributed by atoms with Crippen molar-refractivity contribution in [2.75, 3.05) is 5.73 Å². The lowest BCUT2D eigenvalue weighted by molar-refractivity contribution is 0.0920. The summed E-state index contributed by atoms with van der Waals surface area (Å²) >= 11 is 0. The molecule has 1 fully saturated rings. The van der Waals surface area contributed by atoms with Gasteiger partial charge in [-0.1, -0.05) is 13.3 Å². The third kappa shape index (κ3) is 2.46. The Balaban J connectivity index is 2.08. The number of nitrogens with two attached hydrogens (primary N) is 1. The zero-order chi connectivity index (χ0) is 12.4. The number of hydrogen-bond donors (Lipinski definition) is 2. The van der Waals surface area contributed by atoms with Gasteiger partial charge in [-0.3, -0.25) is 4.79 Å². The molecular weight excluding hydrogens is 214 g/mol. The van der Waals surface area contributed by atoms with Gasteiger partial charge in [-0.2, -0.15) is 0 Å². The molecular formula is C13H21N3O. The first-order chi connectivity index (χ1) is 8.11. The highest BCUT2D eigenvalue weighted by Gasteiger charge is 2.25. The first-order valence-electron chi connectivity index (χ1n) is 6.38. The van der Waals surface area contributed by atoms with Crippen molar-refractivity contribution in [3.8, 4) is 0 Å². The number of nitrogens with one attached hydrogen (secondary N) is 1. The van der Waals surface area contributed by atoms with Crippen LogP contribution in [0, 0.1) is 5.92 Å². The van der Waals surface area contributed by atoms with Crippen LogP contribution in [-0.2, 0) is 6.54 Å². The molecule has 0 spiro atoms. The Morgan fingerprint density at radius 3 is 2.94 bits per heavy atom. The molecule has 4 nitrogen and oxygen atoms in total. The van der Waals surface area contributed by atoms with Crippen molar-refractivity contribution in [1.29, 1.82) is 0 Å².